The lowest BCUT2D eigenvalue weighted by atomic mass is 10.1. The van der Waals surface area contributed by atoms with Gasteiger partial charge in [0.25, 0.3) is 0 Å². The summed E-state index contributed by atoms with van der Waals surface area (Å²) in [5.74, 6) is -0.883. The van der Waals surface area contributed by atoms with Crippen molar-refractivity contribution in [2.24, 2.45) is 0 Å². The molecule has 1 aromatic heterocycles. The van der Waals surface area contributed by atoms with E-state index in [2.05, 4.69) is 5.32 Å². The molecule has 98 valence electrons. The third-order valence-electron chi connectivity index (χ3n) is 3.16. The summed E-state index contributed by atoms with van der Waals surface area (Å²) in [7, 11) is 0. The van der Waals surface area contributed by atoms with Crippen LogP contribution in [-0.4, -0.2) is 34.6 Å². The minimum Gasteiger partial charge on any atom is -0.481 e. The molecule has 1 aliphatic rings. The zero-order valence-electron chi connectivity index (χ0n) is 10.3. The molecule has 2 amide bonds. The number of urea groups is 1. The number of rotatable bonds is 4. The summed E-state index contributed by atoms with van der Waals surface area (Å²) in [6.45, 7) is 4.31. The molecule has 1 aliphatic heterocycles. The first kappa shape index (κ1) is 12.9. The number of hydrogen-bond donors (Lipinski definition) is 2. The van der Waals surface area contributed by atoms with Crippen molar-refractivity contribution in [1.29, 1.82) is 0 Å². The summed E-state index contributed by atoms with van der Waals surface area (Å²) in [5, 5.41) is 13.7. The highest BCUT2D eigenvalue weighted by molar-refractivity contribution is 7.10. The van der Waals surface area contributed by atoms with Gasteiger partial charge in [-0.3, -0.25) is 4.79 Å². The summed E-state index contributed by atoms with van der Waals surface area (Å²) in [6.07, 6.45) is -0.0242. The van der Waals surface area contributed by atoms with Crippen LogP contribution >= 0.6 is 11.3 Å². The zero-order valence-corrected chi connectivity index (χ0v) is 11.2. The highest BCUT2D eigenvalue weighted by Crippen LogP contribution is 2.29. The third-order valence-corrected chi connectivity index (χ3v) is 4.29. The molecule has 2 unspecified atom stereocenters. The van der Waals surface area contributed by atoms with Crippen LogP contribution in [0.3, 0.4) is 0 Å². The van der Waals surface area contributed by atoms with E-state index in [-0.39, 0.29) is 24.5 Å². The number of nitrogens with one attached hydrogen (secondary N) is 1. The van der Waals surface area contributed by atoms with Crippen molar-refractivity contribution in [3.63, 3.8) is 0 Å². The molecular formula is C12H16N2O3S. The first-order valence-electron chi connectivity index (χ1n) is 5.82. The van der Waals surface area contributed by atoms with Gasteiger partial charge in [-0.2, -0.15) is 0 Å². The van der Waals surface area contributed by atoms with Gasteiger partial charge in [-0.15, -0.1) is 11.3 Å². The Bertz CT molecular complexity index is 472. The van der Waals surface area contributed by atoms with E-state index in [4.69, 9.17) is 5.11 Å². The number of amides is 2. The van der Waals surface area contributed by atoms with Crippen molar-refractivity contribution in [3.05, 3.63) is 21.9 Å². The van der Waals surface area contributed by atoms with Crippen LogP contribution in [0.1, 0.15) is 29.8 Å². The number of carboxylic acids is 1. The fraction of sp³-hybridized carbons (Fsp3) is 0.500. The van der Waals surface area contributed by atoms with Gasteiger partial charge in [0.1, 0.15) is 0 Å². The number of carbonyl (C=O) groups excluding carboxylic acids is 1. The summed E-state index contributed by atoms with van der Waals surface area (Å²) in [5.41, 5.74) is 1.16. The third kappa shape index (κ3) is 2.48. The van der Waals surface area contributed by atoms with E-state index in [0.717, 1.165) is 10.4 Å². The quantitative estimate of drug-likeness (QED) is 0.877. The summed E-state index contributed by atoms with van der Waals surface area (Å²) in [6, 6.07) is 1.54. The normalized spacial score (nSPS) is 20.9. The standard InChI is InChI=1S/C12H16N2O3S/c1-7-3-4-18-11(7)9-6-14(12(17)13-9)8(2)5-10(15)16/h3-4,8-9H,5-6H2,1-2H3,(H,13,17)(H,15,16). The SMILES string of the molecule is Cc1ccsc1C1CN(C(C)CC(=O)O)C(=O)N1. The van der Waals surface area contributed by atoms with Crippen LogP contribution < -0.4 is 5.32 Å². The Morgan fingerprint density at radius 1 is 1.72 bits per heavy atom. The Morgan fingerprint density at radius 3 is 3.00 bits per heavy atom. The zero-order chi connectivity index (χ0) is 13.3. The lowest BCUT2D eigenvalue weighted by Crippen LogP contribution is -2.37. The molecule has 0 saturated carbocycles. The lowest BCUT2D eigenvalue weighted by molar-refractivity contribution is -0.137. The smallest absolute Gasteiger partial charge is 0.318 e. The lowest BCUT2D eigenvalue weighted by Gasteiger charge is -2.21. The molecule has 6 heteroatoms. The van der Waals surface area contributed by atoms with E-state index in [1.807, 2.05) is 18.4 Å². The molecule has 2 heterocycles. The Balaban J connectivity index is 2.07. The molecular weight excluding hydrogens is 252 g/mol. The van der Waals surface area contributed by atoms with Crippen molar-refractivity contribution in [1.82, 2.24) is 10.2 Å². The Kier molecular flexibility index (Phi) is 3.56. The minimum atomic E-state index is -0.883. The Hall–Kier alpha value is -1.56. The number of aryl methyl sites for hydroxylation is 1. The van der Waals surface area contributed by atoms with Gasteiger partial charge in [0.05, 0.1) is 12.5 Å². The van der Waals surface area contributed by atoms with Crippen molar-refractivity contribution in [2.45, 2.75) is 32.4 Å². The Morgan fingerprint density at radius 2 is 2.44 bits per heavy atom. The molecule has 2 atom stereocenters. The van der Waals surface area contributed by atoms with Crippen LogP contribution in [0.2, 0.25) is 0 Å². The molecule has 2 rings (SSSR count). The number of carboxylic acid groups (broad SMARTS) is 1. The van der Waals surface area contributed by atoms with Crippen LogP contribution in [0.5, 0.6) is 0 Å². The molecule has 1 aromatic rings. The second kappa shape index (κ2) is 4.97. The first-order valence-corrected chi connectivity index (χ1v) is 6.70. The molecule has 18 heavy (non-hydrogen) atoms. The Labute approximate surface area is 109 Å². The van der Waals surface area contributed by atoms with Crippen molar-refractivity contribution >= 4 is 23.3 Å². The number of carbonyl (C=O) groups is 2. The molecule has 0 aromatic carbocycles. The average molecular weight is 268 g/mol. The van der Waals surface area contributed by atoms with Crippen molar-refractivity contribution in [3.8, 4) is 0 Å². The van der Waals surface area contributed by atoms with Gasteiger partial charge in [0, 0.05) is 17.5 Å². The van der Waals surface area contributed by atoms with Gasteiger partial charge < -0.3 is 15.3 Å². The van der Waals surface area contributed by atoms with Crippen LogP contribution in [0.4, 0.5) is 4.79 Å². The van der Waals surface area contributed by atoms with Gasteiger partial charge in [0.15, 0.2) is 0 Å². The molecule has 0 spiro atoms. The predicted molar refractivity (Wildman–Crippen MR) is 68.7 cm³/mol. The molecule has 0 bridgehead atoms. The highest BCUT2D eigenvalue weighted by Gasteiger charge is 2.34. The molecule has 2 N–H and O–H groups in total. The largest absolute Gasteiger partial charge is 0.481 e. The van der Waals surface area contributed by atoms with Crippen LogP contribution in [0.25, 0.3) is 0 Å². The number of thiophene rings is 1. The molecule has 0 aliphatic carbocycles. The monoisotopic (exact) mass is 268 g/mol. The number of aliphatic carboxylic acids is 1. The van der Waals surface area contributed by atoms with Gasteiger partial charge in [0.2, 0.25) is 0 Å². The van der Waals surface area contributed by atoms with Crippen molar-refractivity contribution in [2.75, 3.05) is 6.54 Å². The second-order valence-electron chi connectivity index (χ2n) is 4.57. The highest BCUT2D eigenvalue weighted by atomic mass is 32.1. The predicted octanol–water partition coefficient (Wildman–Crippen LogP) is 1.99. The fourth-order valence-corrected chi connectivity index (χ4v) is 3.16. The second-order valence-corrected chi connectivity index (χ2v) is 5.52. The number of nitrogens with zero attached hydrogens (tertiary/aromatic N) is 1. The summed E-state index contributed by atoms with van der Waals surface area (Å²) < 4.78 is 0. The van der Waals surface area contributed by atoms with E-state index in [1.54, 1.807) is 23.2 Å². The summed E-state index contributed by atoms with van der Waals surface area (Å²) in [4.78, 5) is 25.3. The van der Waals surface area contributed by atoms with E-state index >= 15 is 0 Å². The maximum Gasteiger partial charge on any atom is 0.318 e. The molecule has 5 nitrogen and oxygen atoms in total. The van der Waals surface area contributed by atoms with Crippen molar-refractivity contribution < 1.29 is 14.7 Å². The molecule has 0 radical (unpaired) electrons. The molecule has 1 fully saturated rings. The van der Waals surface area contributed by atoms with E-state index < -0.39 is 5.97 Å². The first-order chi connectivity index (χ1) is 8.49. The van der Waals surface area contributed by atoms with Gasteiger partial charge in [-0.1, -0.05) is 0 Å². The summed E-state index contributed by atoms with van der Waals surface area (Å²) >= 11 is 1.62. The minimum absolute atomic E-state index is 0.0197. The average Bonchev–Trinajstić information content (AvgIpc) is 2.83. The van der Waals surface area contributed by atoms with Gasteiger partial charge in [-0.05, 0) is 30.9 Å². The van der Waals surface area contributed by atoms with Crippen LogP contribution in [0, 0.1) is 6.92 Å². The topological polar surface area (TPSA) is 69.6 Å². The van der Waals surface area contributed by atoms with E-state index in [0.29, 0.717) is 6.54 Å². The maximum atomic E-state index is 11.8. The van der Waals surface area contributed by atoms with Crippen LogP contribution in [-0.2, 0) is 4.79 Å². The van der Waals surface area contributed by atoms with Gasteiger partial charge >= 0.3 is 12.0 Å². The van der Waals surface area contributed by atoms with E-state index in [9.17, 15) is 9.59 Å². The van der Waals surface area contributed by atoms with Crippen LogP contribution in [0.15, 0.2) is 11.4 Å². The number of hydrogen-bond acceptors (Lipinski definition) is 3. The molecule has 1 saturated heterocycles. The van der Waals surface area contributed by atoms with E-state index in [1.165, 1.54) is 0 Å². The maximum absolute atomic E-state index is 11.8. The fourth-order valence-electron chi connectivity index (χ4n) is 2.19. The van der Waals surface area contributed by atoms with Gasteiger partial charge in [-0.25, -0.2) is 4.79 Å².